The fourth-order valence-corrected chi connectivity index (χ4v) is 3.11. The number of aromatic nitrogens is 1. The zero-order chi connectivity index (χ0) is 16.5. The molecule has 24 heavy (non-hydrogen) atoms. The van der Waals surface area contributed by atoms with Crippen LogP contribution in [0.3, 0.4) is 0 Å². The normalized spacial score (nSPS) is 12.4. The Hall–Kier alpha value is -0.860. The molecule has 2 rings (SSSR count). The summed E-state index contributed by atoms with van der Waals surface area (Å²) in [5, 5.41) is 9.32. The fourth-order valence-electron chi connectivity index (χ4n) is 2.13. The minimum atomic E-state index is 0. The van der Waals surface area contributed by atoms with Crippen LogP contribution in [0.4, 0.5) is 0 Å². The van der Waals surface area contributed by atoms with Crippen LogP contribution in [-0.4, -0.2) is 24.0 Å². The molecule has 0 aliphatic rings. The largest absolute Gasteiger partial charge is 0.357 e. The van der Waals surface area contributed by atoms with E-state index in [1.807, 2.05) is 17.4 Å². The Bertz CT molecular complexity index is 602. The summed E-state index contributed by atoms with van der Waals surface area (Å²) in [6.07, 6.45) is 2.85. The summed E-state index contributed by atoms with van der Waals surface area (Å²) >= 11 is 7.61. The number of aliphatic imine (C=N–C) groups is 1. The van der Waals surface area contributed by atoms with Crippen molar-refractivity contribution in [2.75, 3.05) is 13.1 Å². The van der Waals surface area contributed by atoms with E-state index in [1.54, 1.807) is 12.3 Å². The predicted octanol–water partition coefficient (Wildman–Crippen LogP) is 4.35. The first-order valence-corrected chi connectivity index (χ1v) is 9.08. The molecule has 1 atom stereocenters. The lowest BCUT2D eigenvalue weighted by molar-refractivity contribution is 0.562. The number of rotatable bonds is 7. The van der Waals surface area contributed by atoms with E-state index >= 15 is 0 Å². The average molecular weight is 479 g/mol. The van der Waals surface area contributed by atoms with E-state index < -0.39 is 0 Å². The van der Waals surface area contributed by atoms with E-state index in [4.69, 9.17) is 11.6 Å². The summed E-state index contributed by atoms with van der Waals surface area (Å²) in [4.78, 5) is 10.1. The molecule has 4 nitrogen and oxygen atoms in total. The number of guanidine groups is 1. The van der Waals surface area contributed by atoms with Crippen molar-refractivity contribution in [2.24, 2.45) is 10.9 Å². The summed E-state index contributed by atoms with van der Waals surface area (Å²) < 4.78 is 0. The molecule has 7 heteroatoms. The lowest BCUT2D eigenvalue weighted by Gasteiger charge is -2.15. The van der Waals surface area contributed by atoms with Crippen molar-refractivity contribution in [2.45, 2.75) is 26.8 Å². The molecule has 0 aliphatic heterocycles. The first-order valence-electron chi connectivity index (χ1n) is 7.82. The van der Waals surface area contributed by atoms with Gasteiger partial charge in [0.05, 0.1) is 6.54 Å². The Morgan fingerprint density at radius 1 is 1.33 bits per heavy atom. The topological polar surface area (TPSA) is 49.3 Å². The van der Waals surface area contributed by atoms with E-state index in [2.05, 4.69) is 52.0 Å². The number of hydrogen-bond acceptors (Lipinski definition) is 3. The summed E-state index contributed by atoms with van der Waals surface area (Å²) in [6.45, 7) is 6.63. The molecule has 0 amide bonds. The van der Waals surface area contributed by atoms with Crippen molar-refractivity contribution in [3.05, 3.63) is 51.4 Å². The minimum Gasteiger partial charge on any atom is -0.357 e. The Balaban J connectivity index is 0.00000288. The van der Waals surface area contributed by atoms with Crippen molar-refractivity contribution >= 4 is 52.9 Å². The Morgan fingerprint density at radius 2 is 2.17 bits per heavy atom. The van der Waals surface area contributed by atoms with Gasteiger partial charge in [0, 0.05) is 24.2 Å². The maximum Gasteiger partial charge on any atom is 0.191 e. The lowest BCUT2D eigenvalue weighted by Crippen LogP contribution is -2.39. The Morgan fingerprint density at radius 3 is 2.79 bits per heavy atom. The van der Waals surface area contributed by atoms with Gasteiger partial charge in [-0.05, 0) is 42.3 Å². The van der Waals surface area contributed by atoms with Gasteiger partial charge in [0.2, 0.25) is 0 Å². The number of nitrogens with zero attached hydrogens (tertiary/aromatic N) is 2. The van der Waals surface area contributed by atoms with Crippen molar-refractivity contribution in [1.29, 1.82) is 0 Å². The third-order valence-electron chi connectivity index (χ3n) is 3.30. The van der Waals surface area contributed by atoms with Gasteiger partial charge < -0.3 is 10.6 Å². The van der Waals surface area contributed by atoms with Crippen molar-refractivity contribution in [1.82, 2.24) is 15.6 Å². The SMILES string of the molecule is CCNC(=NCc1ccc(Cl)nc1)NCC(C)Cc1cccs1.I. The van der Waals surface area contributed by atoms with Gasteiger partial charge in [0.1, 0.15) is 5.15 Å². The minimum absolute atomic E-state index is 0. The maximum atomic E-state index is 5.80. The highest BCUT2D eigenvalue weighted by Crippen LogP contribution is 2.13. The van der Waals surface area contributed by atoms with Crippen molar-refractivity contribution in [3.63, 3.8) is 0 Å². The molecule has 0 aliphatic carbocycles. The molecule has 0 fully saturated rings. The maximum absolute atomic E-state index is 5.80. The van der Waals surface area contributed by atoms with E-state index in [9.17, 15) is 0 Å². The summed E-state index contributed by atoms with van der Waals surface area (Å²) in [5.74, 6) is 1.38. The number of thiophene rings is 1. The molecule has 1 unspecified atom stereocenters. The summed E-state index contributed by atoms with van der Waals surface area (Å²) in [7, 11) is 0. The average Bonchev–Trinajstić information content (AvgIpc) is 3.04. The predicted molar refractivity (Wildman–Crippen MR) is 115 cm³/mol. The van der Waals surface area contributed by atoms with Gasteiger partial charge in [-0.25, -0.2) is 9.98 Å². The van der Waals surface area contributed by atoms with Crippen LogP contribution in [0.2, 0.25) is 5.15 Å². The van der Waals surface area contributed by atoms with Crippen LogP contribution in [-0.2, 0) is 13.0 Å². The lowest BCUT2D eigenvalue weighted by atomic mass is 10.1. The molecule has 0 saturated carbocycles. The molecule has 2 aromatic rings. The Labute approximate surface area is 170 Å². The molecule has 132 valence electrons. The molecule has 2 heterocycles. The highest BCUT2D eigenvalue weighted by molar-refractivity contribution is 14.0. The molecule has 2 N–H and O–H groups in total. The zero-order valence-electron chi connectivity index (χ0n) is 14.0. The molecule has 2 aromatic heterocycles. The van der Waals surface area contributed by atoms with Gasteiger partial charge >= 0.3 is 0 Å². The van der Waals surface area contributed by atoms with Crippen LogP contribution in [0.5, 0.6) is 0 Å². The summed E-state index contributed by atoms with van der Waals surface area (Å²) in [5.41, 5.74) is 1.04. The van der Waals surface area contributed by atoms with Crippen molar-refractivity contribution in [3.8, 4) is 0 Å². The third kappa shape index (κ3) is 7.81. The van der Waals surface area contributed by atoms with Crippen LogP contribution >= 0.6 is 46.9 Å². The van der Waals surface area contributed by atoms with Gasteiger partial charge in [-0.15, -0.1) is 35.3 Å². The fraction of sp³-hybridized carbons (Fsp3) is 0.412. The molecule has 0 radical (unpaired) electrons. The zero-order valence-corrected chi connectivity index (χ0v) is 17.9. The molecule has 0 saturated heterocycles. The molecule has 0 aromatic carbocycles. The third-order valence-corrected chi connectivity index (χ3v) is 4.42. The first-order chi connectivity index (χ1) is 11.2. The van der Waals surface area contributed by atoms with Gasteiger partial charge in [0.25, 0.3) is 0 Å². The molecular formula is C17H24ClIN4S. The van der Waals surface area contributed by atoms with E-state index in [1.165, 1.54) is 4.88 Å². The molecule has 0 bridgehead atoms. The highest BCUT2D eigenvalue weighted by atomic mass is 127. The number of halogens is 2. The standard InChI is InChI=1S/C17H23ClN4S.HI/c1-3-19-17(22-12-14-6-7-16(18)20-11-14)21-10-13(2)9-15-5-4-8-23-15;/h4-8,11,13H,3,9-10,12H2,1-2H3,(H2,19,21,22);1H. The second kappa shape index (κ2) is 11.7. The first kappa shape index (κ1) is 21.2. The second-order valence-corrected chi connectivity index (χ2v) is 6.87. The van der Waals surface area contributed by atoms with Crippen LogP contribution in [0.15, 0.2) is 40.8 Å². The quantitative estimate of drug-likeness (QED) is 0.269. The van der Waals surface area contributed by atoms with Crippen LogP contribution in [0.25, 0.3) is 0 Å². The van der Waals surface area contributed by atoms with Gasteiger partial charge in [-0.1, -0.05) is 30.7 Å². The molecule has 0 spiro atoms. The number of pyridine rings is 1. The summed E-state index contributed by atoms with van der Waals surface area (Å²) in [6, 6.07) is 8.03. The number of hydrogen-bond donors (Lipinski definition) is 2. The smallest absolute Gasteiger partial charge is 0.191 e. The van der Waals surface area contributed by atoms with E-state index in [-0.39, 0.29) is 24.0 Å². The van der Waals surface area contributed by atoms with Crippen LogP contribution in [0.1, 0.15) is 24.3 Å². The molecular weight excluding hydrogens is 455 g/mol. The monoisotopic (exact) mass is 478 g/mol. The van der Waals surface area contributed by atoms with Crippen LogP contribution < -0.4 is 10.6 Å². The van der Waals surface area contributed by atoms with Gasteiger partial charge in [-0.3, -0.25) is 0 Å². The second-order valence-electron chi connectivity index (χ2n) is 5.45. The van der Waals surface area contributed by atoms with Gasteiger partial charge in [0.15, 0.2) is 5.96 Å². The van der Waals surface area contributed by atoms with Gasteiger partial charge in [-0.2, -0.15) is 0 Å². The Kier molecular flexibility index (Phi) is 10.3. The highest BCUT2D eigenvalue weighted by Gasteiger charge is 2.06. The van der Waals surface area contributed by atoms with E-state index in [0.29, 0.717) is 17.6 Å². The van der Waals surface area contributed by atoms with Crippen LogP contribution in [0, 0.1) is 5.92 Å². The van der Waals surface area contributed by atoms with Crippen molar-refractivity contribution < 1.29 is 0 Å². The van der Waals surface area contributed by atoms with E-state index in [0.717, 1.165) is 31.0 Å². The number of nitrogens with one attached hydrogen (secondary N) is 2.